The van der Waals surface area contributed by atoms with Crippen molar-refractivity contribution in [2.45, 2.75) is 12.0 Å². The van der Waals surface area contributed by atoms with Gasteiger partial charge in [0, 0.05) is 11.6 Å². The Balaban J connectivity index is 1.99. The normalized spacial score (nSPS) is 17.7. The molecule has 0 saturated carbocycles. The maximum absolute atomic E-state index is 12.8. The first kappa shape index (κ1) is 17.9. The van der Waals surface area contributed by atoms with E-state index in [0.717, 1.165) is 0 Å². The van der Waals surface area contributed by atoms with Gasteiger partial charge in [0.05, 0.1) is 38.2 Å². The molecule has 0 aliphatic carbocycles. The van der Waals surface area contributed by atoms with Crippen LogP contribution in [0.1, 0.15) is 17.0 Å². The second-order valence-electron chi connectivity index (χ2n) is 6.28. The monoisotopic (exact) mass is 382 g/mol. The Bertz CT molecular complexity index is 1120. The highest BCUT2D eigenvalue weighted by Crippen LogP contribution is 2.47. The average Bonchev–Trinajstić information content (AvgIpc) is 3.14. The van der Waals surface area contributed by atoms with E-state index in [2.05, 4.69) is 0 Å². The number of hydrogen-bond donors (Lipinski definition) is 0. The fourth-order valence-corrected chi connectivity index (χ4v) is 3.57. The number of carbonyl (C=O) groups excluding carboxylic acids is 1. The Kier molecular flexibility index (Phi) is 4.43. The number of methoxy groups -OCH3 is 3. The van der Waals surface area contributed by atoms with Crippen LogP contribution in [-0.4, -0.2) is 33.4 Å². The van der Waals surface area contributed by atoms with Gasteiger partial charge in [-0.05, 0) is 18.2 Å². The van der Waals surface area contributed by atoms with Crippen LogP contribution in [0.4, 0.5) is 0 Å². The molecule has 3 aromatic rings. The van der Waals surface area contributed by atoms with E-state index in [1.165, 1.54) is 14.2 Å². The molecule has 2 atom stereocenters. The van der Waals surface area contributed by atoms with Crippen LogP contribution in [0.2, 0.25) is 0 Å². The van der Waals surface area contributed by atoms with E-state index in [4.69, 9.17) is 23.4 Å². The van der Waals surface area contributed by atoms with E-state index >= 15 is 0 Å². The molecule has 0 spiro atoms. The van der Waals surface area contributed by atoms with Gasteiger partial charge in [-0.15, -0.1) is 0 Å². The number of esters is 1. The summed E-state index contributed by atoms with van der Waals surface area (Å²) in [6.07, 6.45) is -1.05. The van der Waals surface area contributed by atoms with Gasteiger partial charge in [0.1, 0.15) is 22.8 Å². The predicted octanol–water partition coefficient (Wildman–Crippen LogP) is 2.88. The summed E-state index contributed by atoms with van der Waals surface area (Å²) in [7, 11) is 4.32. The van der Waals surface area contributed by atoms with Crippen molar-refractivity contribution in [1.82, 2.24) is 0 Å². The van der Waals surface area contributed by atoms with Crippen LogP contribution in [0.3, 0.4) is 0 Å². The largest absolute Gasteiger partial charge is 0.497 e. The Morgan fingerprint density at radius 2 is 1.82 bits per heavy atom. The molecule has 144 valence electrons. The van der Waals surface area contributed by atoms with Gasteiger partial charge >= 0.3 is 11.6 Å². The summed E-state index contributed by atoms with van der Waals surface area (Å²) in [5.41, 5.74) is 0.679. The van der Waals surface area contributed by atoms with Gasteiger partial charge in [0.2, 0.25) is 6.10 Å². The van der Waals surface area contributed by atoms with E-state index in [0.29, 0.717) is 33.8 Å². The van der Waals surface area contributed by atoms with Gasteiger partial charge in [0.15, 0.2) is 0 Å². The van der Waals surface area contributed by atoms with E-state index in [1.807, 2.05) is 0 Å². The average molecular weight is 382 g/mol. The van der Waals surface area contributed by atoms with Gasteiger partial charge in [-0.25, -0.2) is 9.59 Å². The number of ether oxygens (including phenoxy) is 4. The van der Waals surface area contributed by atoms with Gasteiger partial charge in [-0.1, -0.05) is 18.2 Å². The van der Waals surface area contributed by atoms with Crippen molar-refractivity contribution < 1.29 is 28.2 Å². The zero-order chi connectivity index (χ0) is 19.8. The molecular formula is C21H18O7. The molecular weight excluding hydrogens is 364 g/mol. The third-order valence-electron chi connectivity index (χ3n) is 4.87. The molecule has 1 aromatic heterocycles. The fourth-order valence-electron chi connectivity index (χ4n) is 3.57. The van der Waals surface area contributed by atoms with Crippen LogP contribution >= 0.6 is 0 Å². The van der Waals surface area contributed by atoms with Crippen molar-refractivity contribution in [2.75, 3.05) is 21.3 Å². The second-order valence-corrected chi connectivity index (χ2v) is 6.28. The maximum atomic E-state index is 12.8. The summed E-state index contributed by atoms with van der Waals surface area (Å²) in [6, 6.07) is 12.2. The highest BCUT2D eigenvalue weighted by atomic mass is 16.6. The molecule has 0 bridgehead atoms. The third kappa shape index (κ3) is 2.67. The first-order valence-corrected chi connectivity index (χ1v) is 8.61. The lowest BCUT2D eigenvalue weighted by Crippen LogP contribution is -2.32. The van der Waals surface area contributed by atoms with Crippen LogP contribution in [0.5, 0.6) is 17.2 Å². The quantitative estimate of drug-likeness (QED) is 0.507. The second kappa shape index (κ2) is 6.92. The topological polar surface area (TPSA) is 84.2 Å². The molecule has 2 aromatic carbocycles. The molecule has 7 nitrogen and oxygen atoms in total. The van der Waals surface area contributed by atoms with Gasteiger partial charge < -0.3 is 23.4 Å². The van der Waals surface area contributed by atoms with Crippen molar-refractivity contribution in [3.8, 4) is 17.2 Å². The maximum Gasteiger partial charge on any atom is 0.348 e. The number of hydrogen-bond acceptors (Lipinski definition) is 7. The molecule has 0 fully saturated rings. The summed E-state index contributed by atoms with van der Waals surface area (Å²) < 4.78 is 27.1. The van der Waals surface area contributed by atoms with Crippen LogP contribution < -0.4 is 19.8 Å². The number of rotatable bonds is 4. The molecule has 1 aliphatic rings. The van der Waals surface area contributed by atoms with Crippen molar-refractivity contribution in [3.05, 3.63) is 64.0 Å². The highest BCUT2D eigenvalue weighted by molar-refractivity contribution is 5.88. The van der Waals surface area contributed by atoms with Crippen LogP contribution in [-0.2, 0) is 9.53 Å². The third-order valence-corrected chi connectivity index (χ3v) is 4.87. The molecule has 4 rings (SSSR count). The van der Waals surface area contributed by atoms with Crippen molar-refractivity contribution in [2.24, 2.45) is 0 Å². The van der Waals surface area contributed by atoms with Crippen molar-refractivity contribution in [3.63, 3.8) is 0 Å². The van der Waals surface area contributed by atoms with Crippen LogP contribution in [0.25, 0.3) is 11.0 Å². The van der Waals surface area contributed by atoms with Crippen molar-refractivity contribution in [1.29, 1.82) is 0 Å². The molecule has 2 heterocycles. The summed E-state index contributed by atoms with van der Waals surface area (Å²) in [4.78, 5) is 25.3. The number of fused-ring (bicyclic) bond motifs is 3. The standard InChI is InChI=1S/C21H18O7/c1-24-11-8-9-12(15(10-11)25-2)16-17-18(28-19(16)21(23)26-3)13-6-4-5-7-14(13)27-20(17)22/h4-10,16,19H,1-3H3. The lowest BCUT2D eigenvalue weighted by Gasteiger charge is -2.19. The lowest BCUT2D eigenvalue weighted by atomic mass is 9.88. The zero-order valence-electron chi connectivity index (χ0n) is 15.6. The summed E-state index contributed by atoms with van der Waals surface area (Å²) in [5, 5.41) is 0.612. The van der Waals surface area contributed by atoms with Gasteiger partial charge in [0.25, 0.3) is 0 Å². The zero-order valence-corrected chi connectivity index (χ0v) is 15.6. The molecule has 28 heavy (non-hydrogen) atoms. The smallest absolute Gasteiger partial charge is 0.348 e. The first-order valence-electron chi connectivity index (χ1n) is 8.61. The van der Waals surface area contributed by atoms with E-state index in [9.17, 15) is 9.59 Å². The molecule has 0 radical (unpaired) electrons. The minimum atomic E-state index is -1.05. The minimum absolute atomic E-state index is 0.262. The SMILES string of the molecule is COC(=O)C1Oc2c(c(=O)oc3ccccc23)C1c1ccc(OC)cc1OC. The first-order chi connectivity index (χ1) is 13.6. The Hall–Kier alpha value is -3.48. The van der Waals surface area contributed by atoms with Crippen LogP contribution in [0.15, 0.2) is 51.7 Å². The lowest BCUT2D eigenvalue weighted by molar-refractivity contribution is -0.148. The Labute approximate surface area is 160 Å². The summed E-state index contributed by atoms with van der Waals surface area (Å²) in [6.45, 7) is 0. The van der Waals surface area contributed by atoms with E-state index in [-0.39, 0.29) is 5.56 Å². The predicted molar refractivity (Wildman–Crippen MR) is 100 cm³/mol. The highest BCUT2D eigenvalue weighted by Gasteiger charge is 2.46. The van der Waals surface area contributed by atoms with Gasteiger partial charge in [-0.3, -0.25) is 0 Å². The molecule has 0 amide bonds. The van der Waals surface area contributed by atoms with E-state index < -0.39 is 23.6 Å². The molecule has 7 heteroatoms. The molecule has 0 N–H and O–H groups in total. The Morgan fingerprint density at radius 3 is 2.54 bits per heavy atom. The molecule has 2 unspecified atom stereocenters. The number of carbonyl (C=O) groups is 1. The summed E-state index contributed by atoms with van der Waals surface area (Å²) >= 11 is 0. The molecule has 1 aliphatic heterocycles. The fraction of sp³-hybridized carbons (Fsp3) is 0.238. The summed E-state index contributed by atoms with van der Waals surface area (Å²) in [5.74, 6) is 0.0269. The van der Waals surface area contributed by atoms with E-state index in [1.54, 1.807) is 49.6 Å². The Morgan fingerprint density at radius 1 is 1.04 bits per heavy atom. The van der Waals surface area contributed by atoms with Gasteiger partial charge in [-0.2, -0.15) is 0 Å². The van der Waals surface area contributed by atoms with Crippen LogP contribution in [0, 0.1) is 0 Å². The minimum Gasteiger partial charge on any atom is -0.497 e. The number of para-hydroxylation sites is 1. The van der Waals surface area contributed by atoms with Crippen molar-refractivity contribution >= 4 is 16.9 Å². The molecule has 0 saturated heterocycles. The number of benzene rings is 2.